The molecule has 25 heavy (non-hydrogen) atoms. The van der Waals surface area contributed by atoms with Gasteiger partial charge in [0, 0.05) is 5.92 Å². The third-order valence-corrected chi connectivity index (χ3v) is 4.56. The molecule has 136 valence electrons. The van der Waals surface area contributed by atoms with Crippen LogP contribution in [0.2, 0.25) is 0 Å². The van der Waals surface area contributed by atoms with Gasteiger partial charge in [-0.05, 0) is 13.3 Å². The van der Waals surface area contributed by atoms with Crippen LogP contribution >= 0.6 is 7.82 Å². The Bertz CT molecular complexity index is 736. The van der Waals surface area contributed by atoms with Gasteiger partial charge in [-0.2, -0.15) is 10.4 Å². The van der Waals surface area contributed by atoms with Crippen molar-refractivity contribution < 1.29 is 23.6 Å². The number of allylic oxidation sites excluding steroid dienone is 1. The summed E-state index contributed by atoms with van der Waals surface area (Å²) < 4.78 is 21.2. The second kappa shape index (κ2) is 7.07. The molecule has 3 atom stereocenters. The van der Waals surface area contributed by atoms with Crippen molar-refractivity contribution >= 4 is 20.0 Å². The molecule has 11 heteroatoms. The number of amidine groups is 1. The lowest BCUT2D eigenvalue weighted by Gasteiger charge is -2.35. The molecule has 2 rings (SSSR count). The van der Waals surface area contributed by atoms with E-state index in [-0.39, 0.29) is 24.1 Å². The number of nitrogens with zero attached hydrogens (tertiary/aromatic N) is 4. The number of phosphoric acid groups is 1. The first-order valence-corrected chi connectivity index (χ1v) is 8.98. The van der Waals surface area contributed by atoms with Crippen molar-refractivity contribution in [3.05, 3.63) is 24.0 Å². The molecule has 2 heterocycles. The fourth-order valence-corrected chi connectivity index (χ4v) is 3.20. The second-order valence-corrected chi connectivity index (χ2v) is 6.93. The molecule has 0 aromatic heterocycles. The van der Waals surface area contributed by atoms with Crippen molar-refractivity contribution in [1.29, 1.82) is 5.26 Å². The van der Waals surface area contributed by atoms with Gasteiger partial charge in [0.15, 0.2) is 11.4 Å². The Morgan fingerprint density at radius 2 is 2.44 bits per heavy atom. The normalized spacial score (nSPS) is 31.1. The van der Waals surface area contributed by atoms with Crippen molar-refractivity contribution in [1.82, 2.24) is 5.01 Å². The quantitative estimate of drug-likeness (QED) is 0.602. The molecule has 4 N–H and O–H groups in total. The highest BCUT2D eigenvalue weighted by Gasteiger charge is 2.52. The molecule has 2 aliphatic heterocycles. The summed E-state index contributed by atoms with van der Waals surface area (Å²) in [7, 11) is -4.62. The molecule has 3 unspecified atom stereocenters. The van der Waals surface area contributed by atoms with E-state index in [4.69, 9.17) is 20.3 Å². The maximum Gasteiger partial charge on any atom is 0.469 e. The highest BCUT2D eigenvalue weighted by atomic mass is 31.2. The number of ether oxygens (including phenoxy) is 1. The zero-order chi connectivity index (χ0) is 18.8. The predicted octanol–water partition coefficient (Wildman–Crippen LogP) is 0.817. The standard InChI is InChI=1S/C14H20N5O5P/c1-4-12-13(16)17-8-18-19(12)10(3)14(7-15)9(2)5-11(24-14)6-23-25(20,21)22/h4,8-9,11H,3,5-6H2,1-2H3,(H2,16,17,18)(H2,20,21,22). The minimum Gasteiger partial charge on any atom is -0.382 e. The summed E-state index contributed by atoms with van der Waals surface area (Å²) in [6.07, 6.45) is 2.61. The summed E-state index contributed by atoms with van der Waals surface area (Å²) in [6.45, 7) is 7.14. The molecule has 0 bridgehead atoms. The molecule has 0 aromatic carbocycles. The van der Waals surface area contributed by atoms with E-state index in [1.165, 1.54) is 11.3 Å². The zero-order valence-electron chi connectivity index (χ0n) is 13.9. The lowest BCUT2D eigenvalue weighted by atomic mass is 9.86. The fraction of sp³-hybridized carbons (Fsp3) is 0.500. The van der Waals surface area contributed by atoms with Gasteiger partial charge >= 0.3 is 7.82 Å². The number of aliphatic imine (C=N–C) groups is 1. The van der Waals surface area contributed by atoms with Crippen molar-refractivity contribution in [3.8, 4) is 6.07 Å². The van der Waals surface area contributed by atoms with Gasteiger partial charge in [0.2, 0.25) is 0 Å². The third-order valence-electron chi connectivity index (χ3n) is 4.07. The van der Waals surface area contributed by atoms with Crippen molar-refractivity contribution in [2.45, 2.75) is 32.0 Å². The third kappa shape index (κ3) is 3.81. The van der Waals surface area contributed by atoms with Gasteiger partial charge in [-0.3, -0.25) is 4.52 Å². The number of nitriles is 1. The van der Waals surface area contributed by atoms with E-state index in [9.17, 15) is 9.83 Å². The monoisotopic (exact) mass is 369 g/mol. The molecule has 0 saturated carbocycles. The smallest absolute Gasteiger partial charge is 0.382 e. The number of hydrogen-bond acceptors (Lipinski definition) is 8. The first-order valence-electron chi connectivity index (χ1n) is 7.45. The minimum absolute atomic E-state index is 0.221. The summed E-state index contributed by atoms with van der Waals surface area (Å²) in [5.74, 6) is -0.0949. The Balaban J connectivity index is 2.24. The molecule has 2 aliphatic rings. The summed E-state index contributed by atoms with van der Waals surface area (Å²) >= 11 is 0. The van der Waals surface area contributed by atoms with Gasteiger partial charge in [-0.25, -0.2) is 14.6 Å². The van der Waals surface area contributed by atoms with Crippen LogP contribution in [0, 0.1) is 17.2 Å². The Kier molecular flexibility index (Phi) is 5.46. The van der Waals surface area contributed by atoms with E-state index < -0.39 is 19.5 Å². The fourth-order valence-electron chi connectivity index (χ4n) is 2.84. The average Bonchev–Trinajstić information content (AvgIpc) is 2.88. The van der Waals surface area contributed by atoms with E-state index in [0.717, 1.165) is 0 Å². The van der Waals surface area contributed by atoms with Crippen molar-refractivity contribution in [3.63, 3.8) is 0 Å². The maximum atomic E-state index is 10.9. The topological polar surface area (TPSA) is 154 Å². The van der Waals surface area contributed by atoms with Crippen LogP contribution in [0.25, 0.3) is 0 Å². The molecule has 0 aromatic rings. The van der Waals surface area contributed by atoms with Gasteiger partial charge < -0.3 is 20.3 Å². The van der Waals surface area contributed by atoms with Crippen LogP contribution in [-0.4, -0.2) is 45.3 Å². The Morgan fingerprint density at radius 3 is 3.00 bits per heavy atom. The summed E-state index contributed by atoms with van der Waals surface area (Å²) in [6, 6.07) is 2.12. The Hall–Kier alpha value is -2.02. The van der Waals surface area contributed by atoms with Gasteiger partial charge in [-0.15, -0.1) is 0 Å². The summed E-state index contributed by atoms with van der Waals surface area (Å²) in [5, 5.41) is 15.3. The van der Waals surface area contributed by atoms with Crippen LogP contribution in [0.3, 0.4) is 0 Å². The molecule has 0 amide bonds. The first kappa shape index (κ1) is 19.3. The van der Waals surface area contributed by atoms with Crippen LogP contribution in [0.15, 0.2) is 34.1 Å². The molecular weight excluding hydrogens is 349 g/mol. The Morgan fingerprint density at radius 1 is 1.76 bits per heavy atom. The highest BCUT2D eigenvalue weighted by molar-refractivity contribution is 7.46. The van der Waals surface area contributed by atoms with Crippen LogP contribution < -0.4 is 5.73 Å². The first-order chi connectivity index (χ1) is 11.6. The highest BCUT2D eigenvalue weighted by Crippen LogP contribution is 2.44. The van der Waals surface area contributed by atoms with Gasteiger partial charge in [0.1, 0.15) is 18.1 Å². The molecule has 0 radical (unpaired) electrons. The minimum atomic E-state index is -4.62. The van der Waals surface area contributed by atoms with E-state index in [2.05, 4.69) is 27.3 Å². The van der Waals surface area contributed by atoms with Crippen LogP contribution in [0.4, 0.5) is 0 Å². The van der Waals surface area contributed by atoms with Gasteiger partial charge in [0.05, 0.1) is 18.4 Å². The van der Waals surface area contributed by atoms with Gasteiger partial charge in [0.25, 0.3) is 0 Å². The van der Waals surface area contributed by atoms with E-state index in [1.54, 1.807) is 19.9 Å². The number of phosphoric ester groups is 1. The predicted molar refractivity (Wildman–Crippen MR) is 89.8 cm³/mol. The lowest BCUT2D eigenvalue weighted by molar-refractivity contribution is -0.0251. The molecule has 10 nitrogen and oxygen atoms in total. The number of rotatable bonds is 5. The van der Waals surface area contributed by atoms with E-state index in [0.29, 0.717) is 12.1 Å². The molecule has 1 fully saturated rings. The number of hydrazone groups is 1. The second-order valence-electron chi connectivity index (χ2n) is 5.69. The molecular formula is C14H20N5O5P. The van der Waals surface area contributed by atoms with Crippen molar-refractivity contribution in [2.75, 3.05) is 6.61 Å². The van der Waals surface area contributed by atoms with E-state index >= 15 is 0 Å². The average molecular weight is 369 g/mol. The number of hydrogen-bond donors (Lipinski definition) is 3. The van der Waals surface area contributed by atoms with Crippen LogP contribution in [0.1, 0.15) is 20.3 Å². The van der Waals surface area contributed by atoms with Crippen molar-refractivity contribution in [2.24, 2.45) is 21.7 Å². The Labute approximate surface area is 145 Å². The van der Waals surface area contributed by atoms with Crippen LogP contribution in [0.5, 0.6) is 0 Å². The lowest BCUT2D eigenvalue weighted by Crippen LogP contribution is -2.43. The van der Waals surface area contributed by atoms with Gasteiger partial charge in [-0.1, -0.05) is 19.6 Å². The van der Waals surface area contributed by atoms with Crippen LogP contribution in [-0.2, 0) is 13.8 Å². The summed E-state index contributed by atoms with van der Waals surface area (Å²) in [5.41, 5.74) is 5.10. The zero-order valence-corrected chi connectivity index (χ0v) is 14.8. The summed E-state index contributed by atoms with van der Waals surface area (Å²) in [4.78, 5) is 21.6. The number of nitrogens with two attached hydrogens (primary N) is 1. The molecule has 1 saturated heterocycles. The maximum absolute atomic E-state index is 10.9. The largest absolute Gasteiger partial charge is 0.469 e. The molecule has 0 aliphatic carbocycles. The van der Waals surface area contributed by atoms with E-state index in [1.807, 2.05) is 0 Å². The molecule has 0 spiro atoms. The SMILES string of the molecule is C=C(N1N=CN=C(N)C1=CC)C1(C#N)OC(COP(=O)(O)O)CC1C.